The van der Waals surface area contributed by atoms with Gasteiger partial charge in [-0.15, -0.1) is 24.2 Å². The van der Waals surface area contributed by atoms with Gasteiger partial charge in [-0.1, -0.05) is 12.1 Å². The number of carbonyl (C=O) groups excluding carboxylic acids is 1. The Morgan fingerprint density at radius 3 is 2.42 bits per heavy atom. The summed E-state index contributed by atoms with van der Waals surface area (Å²) >= 11 is 1.67. The van der Waals surface area contributed by atoms with E-state index in [1.165, 1.54) is 18.4 Å². The smallest absolute Gasteiger partial charge is 0.255 e. The lowest BCUT2D eigenvalue weighted by atomic mass is 9.91. The number of halogens is 1. The van der Waals surface area contributed by atoms with E-state index in [1.807, 2.05) is 42.7 Å². The normalized spacial score (nSPS) is 17.0. The highest BCUT2D eigenvalue weighted by Crippen LogP contribution is 2.24. The number of benzene rings is 2. The highest BCUT2D eigenvalue weighted by molar-refractivity contribution is 7.98. The van der Waals surface area contributed by atoms with Crippen LogP contribution in [0.3, 0.4) is 0 Å². The maximum atomic E-state index is 12.3. The second kappa shape index (κ2) is 9.11. The van der Waals surface area contributed by atoms with E-state index in [4.69, 9.17) is 0 Å². The van der Waals surface area contributed by atoms with Gasteiger partial charge in [0.2, 0.25) is 0 Å². The third kappa shape index (κ3) is 4.76. The predicted molar refractivity (Wildman–Crippen MR) is 105 cm³/mol. The van der Waals surface area contributed by atoms with Crippen LogP contribution >= 0.6 is 24.2 Å². The lowest BCUT2D eigenvalue weighted by molar-refractivity contribution is 0.102. The van der Waals surface area contributed by atoms with E-state index in [9.17, 15) is 4.79 Å². The van der Waals surface area contributed by atoms with Gasteiger partial charge in [-0.05, 0) is 73.5 Å². The molecule has 2 N–H and O–H groups in total. The molecule has 1 unspecified atom stereocenters. The zero-order valence-corrected chi connectivity index (χ0v) is 15.4. The SMILES string of the molecule is CSc1ccc(C(=O)Nc2ccc(C3CCCNC3)cc2)cc1.Cl. The molecule has 1 amide bonds. The molecule has 3 rings (SSSR count). The second-order valence-electron chi connectivity index (χ2n) is 5.85. The van der Waals surface area contributed by atoms with E-state index in [0.29, 0.717) is 11.5 Å². The molecule has 0 aromatic heterocycles. The van der Waals surface area contributed by atoms with Gasteiger partial charge >= 0.3 is 0 Å². The summed E-state index contributed by atoms with van der Waals surface area (Å²) in [6.45, 7) is 2.17. The third-order valence-corrected chi connectivity index (χ3v) is 5.03. The minimum absolute atomic E-state index is 0. The van der Waals surface area contributed by atoms with Crippen molar-refractivity contribution in [2.75, 3.05) is 24.7 Å². The van der Waals surface area contributed by atoms with E-state index >= 15 is 0 Å². The fourth-order valence-electron chi connectivity index (χ4n) is 2.92. The van der Waals surface area contributed by atoms with E-state index in [-0.39, 0.29) is 18.3 Å². The summed E-state index contributed by atoms with van der Waals surface area (Å²) in [5.74, 6) is 0.525. The molecule has 128 valence electrons. The topological polar surface area (TPSA) is 41.1 Å². The fourth-order valence-corrected chi connectivity index (χ4v) is 3.33. The Balaban J connectivity index is 0.00000208. The number of piperidine rings is 1. The van der Waals surface area contributed by atoms with Gasteiger partial charge in [-0.25, -0.2) is 0 Å². The minimum atomic E-state index is -0.0651. The number of carbonyl (C=O) groups is 1. The highest BCUT2D eigenvalue weighted by atomic mass is 35.5. The average Bonchev–Trinajstić information content (AvgIpc) is 2.63. The molecular weight excluding hydrogens is 340 g/mol. The summed E-state index contributed by atoms with van der Waals surface area (Å²) in [5.41, 5.74) is 2.87. The Morgan fingerprint density at radius 2 is 1.83 bits per heavy atom. The van der Waals surface area contributed by atoms with Crippen LogP contribution in [-0.4, -0.2) is 25.3 Å². The number of nitrogens with one attached hydrogen (secondary N) is 2. The quantitative estimate of drug-likeness (QED) is 0.784. The van der Waals surface area contributed by atoms with Gasteiger partial charge < -0.3 is 10.6 Å². The lowest BCUT2D eigenvalue weighted by Gasteiger charge is -2.23. The summed E-state index contributed by atoms with van der Waals surface area (Å²) in [5, 5.41) is 6.40. The van der Waals surface area contributed by atoms with Crippen LogP contribution < -0.4 is 10.6 Å². The van der Waals surface area contributed by atoms with Crippen molar-refractivity contribution >= 4 is 35.8 Å². The number of hydrogen-bond donors (Lipinski definition) is 2. The molecular formula is C19H23ClN2OS. The van der Waals surface area contributed by atoms with Crippen LogP contribution in [0.15, 0.2) is 53.4 Å². The Labute approximate surface area is 154 Å². The first-order chi connectivity index (χ1) is 11.3. The maximum Gasteiger partial charge on any atom is 0.255 e. The first kappa shape index (κ1) is 18.8. The average molecular weight is 363 g/mol. The Hall–Kier alpha value is -1.49. The summed E-state index contributed by atoms with van der Waals surface area (Å²) < 4.78 is 0. The predicted octanol–water partition coefficient (Wildman–Crippen LogP) is 4.55. The van der Waals surface area contributed by atoms with Crippen molar-refractivity contribution in [3.63, 3.8) is 0 Å². The van der Waals surface area contributed by atoms with Crippen LogP contribution in [0.25, 0.3) is 0 Å². The molecule has 1 fully saturated rings. The van der Waals surface area contributed by atoms with Gasteiger partial charge in [0.15, 0.2) is 0 Å². The maximum absolute atomic E-state index is 12.3. The molecule has 0 bridgehead atoms. The molecule has 0 aliphatic carbocycles. The van der Waals surface area contributed by atoms with Gasteiger partial charge in [0, 0.05) is 22.7 Å². The summed E-state index contributed by atoms with van der Waals surface area (Å²) in [4.78, 5) is 13.4. The summed E-state index contributed by atoms with van der Waals surface area (Å²) in [6, 6.07) is 15.9. The lowest BCUT2D eigenvalue weighted by Crippen LogP contribution is -2.28. The van der Waals surface area contributed by atoms with Gasteiger partial charge in [-0.3, -0.25) is 4.79 Å². The van der Waals surface area contributed by atoms with Crippen molar-refractivity contribution in [2.24, 2.45) is 0 Å². The van der Waals surface area contributed by atoms with Crippen molar-refractivity contribution in [2.45, 2.75) is 23.7 Å². The largest absolute Gasteiger partial charge is 0.322 e. The Kier molecular flexibility index (Phi) is 7.16. The molecule has 0 radical (unpaired) electrons. The number of anilines is 1. The Bertz CT molecular complexity index is 652. The monoisotopic (exact) mass is 362 g/mol. The molecule has 3 nitrogen and oxygen atoms in total. The van der Waals surface area contributed by atoms with Gasteiger partial charge in [0.05, 0.1) is 0 Å². The van der Waals surface area contributed by atoms with Gasteiger partial charge in [0.25, 0.3) is 5.91 Å². The van der Waals surface area contributed by atoms with Crippen molar-refractivity contribution in [3.05, 3.63) is 59.7 Å². The molecule has 0 saturated carbocycles. The van der Waals surface area contributed by atoms with Crippen molar-refractivity contribution in [3.8, 4) is 0 Å². The molecule has 2 aromatic rings. The number of rotatable bonds is 4. The summed E-state index contributed by atoms with van der Waals surface area (Å²) in [7, 11) is 0. The molecule has 0 spiro atoms. The Morgan fingerprint density at radius 1 is 1.12 bits per heavy atom. The molecule has 1 atom stereocenters. The second-order valence-corrected chi connectivity index (χ2v) is 6.73. The van der Waals surface area contributed by atoms with Crippen LogP contribution in [0.4, 0.5) is 5.69 Å². The molecule has 24 heavy (non-hydrogen) atoms. The first-order valence-corrected chi connectivity index (χ1v) is 9.25. The van der Waals surface area contributed by atoms with Crippen molar-refractivity contribution in [1.82, 2.24) is 5.32 Å². The standard InChI is InChI=1S/C19H22N2OS.ClH/c1-23-18-10-6-15(7-11-18)19(22)21-17-8-4-14(5-9-17)16-3-2-12-20-13-16;/h4-11,16,20H,2-3,12-13H2,1H3,(H,21,22);1H. The molecule has 1 aliphatic rings. The summed E-state index contributed by atoms with van der Waals surface area (Å²) in [6.07, 6.45) is 4.49. The van der Waals surface area contributed by atoms with Crippen LogP contribution in [-0.2, 0) is 0 Å². The molecule has 5 heteroatoms. The molecule has 1 aliphatic heterocycles. The molecule has 1 heterocycles. The van der Waals surface area contributed by atoms with E-state index in [0.717, 1.165) is 23.7 Å². The van der Waals surface area contributed by atoms with Gasteiger partial charge in [0.1, 0.15) is 0 Å². The first-order valence-electron chi connectivity index (χ1n) is 8.02. The van der Waals surface area contributed by atoms with Gasteiger partial charge in [-0.2, -0.15) is 0 Å². The van der Waals surface area contributed by atoms with Crippen LogP contribution in [0.5, 0.6) is 0 Å². The van der Waals surface area contributed by atoms with Crippen LogP contribution in [0, 0.1) is 0 Å². The third-order valence-electron chi connectivity index (χ3n) is 4.29. The zero-order chi connectivity index (χ0) is 16.1. The van der Waals surface area contributed by atoms with E-state index in [2.05, 4.69) is 22.8 Å². The fraction of sp³-hybridized carbons (Fsp3) is 0.316. The highest BCUT2D eigenvalue weighted by Gasteiger charge is 2.15. The van der Waals surface area contributed by atoms with Crippen LogP contribution in [0.2, 0.25) is 0 Å². The van der Waals surface area contributed by atoms with E-state index in [1.54, 1.807) is 11.8 Å². The van der Waals surface area contributed by atoms with Crippen LogP contribution in [0.1, 0.15) is 34.7 Å². The number of hydrogen-bond acceptors (Lipinski definition) is 3. The van der Waals surface area contributed by atoms with Crippen molar-refractivity contribution in [1.29, 1.82) is 0 Å². The molecule has 2 aromatic carbocycles. The zero-order valence-electron chi connectivity index (χ0n) is 13.7. The number of thioether (sulfide) groups is 1. The van der Waals surface area contributed by atoms with E-state index < -0.39 is 0 Å². The minimum Gasteiger partial charge on any atom is -0.322 e. The molecule has 1 saturated heterocycles. The number of amides is 1. The van der Waals surface area contributed by atoms with Crippen molar-refractivity contribution < 1.29 is 4.79 Å².